The Morgan fingerprint density at radius 2 is 2.00 bits per heavy atom. The van der Waals surface area contributed by atoms with E-state index in [0.717, 1.165) is 21.8 Å². The molecular weight excluding hydrogens is 396 g/mol. The predicted molar refractivity (Wildman–Crippen MR) is 118 cm³/mol. The van der Waals surface area contributed by atoms with Gasteiger partial charge in [-0.3, -0.25) is 9.78 Å². The lowest BCUT2D eigenvalue weighted by molar-refractivity contribution is -0.137. The molecule has 3 aromatic heterocycles. The molecule has 0 spiro atoms. The molecule has 152 valence electrons. The Morgan fingerprint density at radius 3 is 2.70 bits per heavy atom. The van der Waals surface area contributed by atoms with Gasteiger partial charge >= 0.3 is 0 Å². The van der Waals surface area contributed by atoms with Gasteiger partial charge in [-0.2, -0.15) is 5.10 Å². The monoisotopic (exact) mass is 418 g/mol. The van der Waals surface area contributed by atoms with Crippen LogP contribution in [0.15, 0.2) is 78.6 Å². The van der Waals surface area contributed by atoms with Gasteiger partial charge in [0.15, 0.2) is 6.10 Å². The van der Waals surface area contributed by atoms with E-state index in [2.05, 4.69) is 4.98 Å². The molecule has 0 saturated heterocycles. The highest BCUT2D eigenvalue weighted by molar-refractivity contribution is 7.13. The fourth-order valence-electron chi connectivity index (χ4n) is 3.17. The summed E-state index contributed by atoms with van der Waals surface area (Å²) in [7, 11) is 1.78. The summed E-state index contributed by atoms with van der Waals surface area (Å²) in [6.07, 6.45) is 4.64. The molecule has 0 saturated carbocycles. The van der Waals surface area contributed by atoms with Crippen LogP contribution in [0.1, 0.15) is 12.5 Å². The van der Waals surface area contributed by atoms with Crippen LogP contribution in [0.4, 0.5) is 0 Å². The Kier molecular flexibility index (Phi) is 5.90. The van der Waals surface area contributed by atoms with Crippen molar-refractivity contribution in [2.45, 2.75) is 19.6 Å². The van der Waals surface area contributed by atoms with Crippen molar-refractivity contribution < 1.29 is 9.53 Å². The summed E-state index contributed by atoms with van der Waals surface area (Å²) in [6, 6.07) is 17.6. The molecule has 0 N–H and O–H groups in total. The number of hydrogen-bond acceptors (Lipinski definition) is 5. The average Bonchev–Trinajstić information content (AvgIpc) is 3.44. The molecule has 1 atom stereocenters. The van der Waals surface area contributed by atoms with Gasteiger partial charge in [-0.05, 0) is 42.6 Å². The van der Waals surface area contributed by atoms with Crippen LogP contribution in [0.2, 0.25) is 0 Å². The minimum Gasteiger partial charge on any atom is -0.479 e. The van der Waals surface area contributed by atoms with Gasteiger partial charge in [0.2, 0.25) is 0 Å². The molecular formula is C23H22N4O2S. The van der Waals surface area contributed by atoms with Crippen molar-refractivity contribution in [1.29, 1.82) is 0 Å². The van der Waals surface area contributed by atoms with Crippen molar-refractivity contribution in [3.05, 3.63) is 84.1 Å². The lowest BCUT2D eigenvalue weighted by Crippen LogP contribution is -2.37. The Labute approximate surface area is 179 Å². The van der Waals surface area contributed by atoms with Crippen molar-refractivity contribution in [1.82, 2.24) is 19.7 Å². The number of hydrogen-bond donors (Lipinski definition) is 0. The van der Waals surface area contributed by atoms with Gasteiger partial charge in [0, 0.05) is 31.5 Å². The van der Waals surface area contributed by atoms with Crippen LogP contribution in [0.3, 0.4) is 0 Å². The molecule has 0 aliphatic heterocycles. The molecule has 3 heterocycles. The predicted octanol–water partition coefficient (Wildman–Crippen LogP) is 4.42. The molecule has 7 heteroatoms. The quantitative estimate of drug-likeness (QED) is 0.446. The molecule has 0 aliphatic carbocycles. The number of aromatic nitrogens is 3. The maximum atomic E-state index is 12.9. The third-order valence-electron chi connectivity index (χ3n) is 4.64. The van der Waals surface area contributed by atoms with Crippen LogP contribution in [-0.4, -0.2) is 38.7 Å². The van der Waals surface area contributed by atoms with Gasteiger partial charge in [-0.25, -0.2) is 4.68 Å². The Morgan fingerprint density at radius 1 is 1.17 bits per heavy atom. The van der Waals surface area contributed by atoms with Crippen molar-refractivity contribution in [2.24, 2.45) is 0 Å². The Balaban J connectivity index is 1.55. The van der Waals surface area contributed by atoms with E-state index in [1.54, 1.807) is 54.7 Å². The van der Waals surface area contributed by atoms with Crippen molar-refractivity contribution in [3.8, 4) is 22.0 Å². The van der Waals surface area contributed by atoms with Gasteiger partial charge in [0.05, 0.1) is 16.8 Å². The maximum Gasteiger partial charge on any atom is 0.263 e. The second-order valence-electron chi connectivity index (χ2n) is 6.90. The summed E-state index contributed by atoms with van der Waals surface area (Å²) >= 11 is 1.63. The first kappa shape index (κ1) is 19.8. The van der Waals surface area contributed by atoms with Crippen LogP contribution < -0.4 is 4.74 Å². The standard InChI is InChI=1S/C23H22N4O2S/c1-17(29-20-10-6-12-24-14-20)23(28)26(2)15-18-16-27(19-8-4-3-5-9-19)25-22(18)21-11-7-13-30-21/h3-14,16-17H,15H2,1-2H3. The number of nitrogens with zero attached hydrogens (tertiary/aromatic N) is 4. The summed E-state index contributed by atoms with van der Waals surface area (Å²) in [5.74, 6) is 0.464. The Hall–Kier alpha value is -3.45. The third-order valence-corrected chi connectivity index (χ3v) is 5.52. The number of likely N-dealkylation sites (N-methyl/N-ethyl adjacent to an activating group) is 1. The molecule has 1 amide bonds. The summed E-state index contributed by atoms with van der Waals surface area (Å²) < 4.78 is 7.60. The first-order valence-corrected chi connectivity index (χ1v) is 10.5. The first-order chi connectivity index (χ1) is 14.6. The van der Waals surface area contributed by atoms with Gasteiger partial charge < -0.3 is 9.64 Å². The molecule has 0 radical (unpaired) electrons. The zero-order valence-corrected chi connectivity index (χ0v) is 17.6. The topological polar surface area (TPSA) is 60.2 Å². The van der Waals surface area contributed by atoms with Crippen molar-refractivity contribution in [2.75, 3.05) is 7.05 Å². The zero-order valence-electron chi connectivity index (χ0n) is 16.8. The van der Waals surface area contributed by atoms with Crippen molar-refractivity contribution >= 4 is 17.2 Å². The fraction of sp³-hybridized carbons (Fsp3) is 0.174. The van der Waals surface area contributed by atoms with E-state index < -0.39 is 6.10 Å². The SMILES string of the molecule is CC(Oc1cccnc1)C(=O)N(C)Cc1cn(-c2ccccc2)nc1-c1cccs1. The number of thiophene rings is 1. The van der Waals surface area contributed by atoms with Gasteiger partial charge in [-0.1, -0.05) is 24.3 Å². The van der Waals surface area contributed by atoms with E-state index >= 15 is 0 Å². The van der Waals surface area contributed by atoms with Crippen molar-refractivity contribution in [3.63, 3.8) is 0 Å². The van der Waals surface area contributed by atoms with Crippen LogP contribution in [0.25, 0.3) is 16.3 Å². The number of ether oxygens (including phenoxy) is 1. The molecule has 1 unspecified atom stereocenters. The fourth-order valence-corrected chi connectivity index (χ4v) is 3.92. The second kappa shape index (κ2) is 8.92. The van der Waals surface area contributed by atoms with Gasteiger partial charge in [-0.15, -0.1) is 11.3 Å². The summed E-state index contributed by atoms with van der Waals surface area (Å²) in [5.41, 5.74) is 2.84. The highest BCUT2D eigenvalue weighted by atomic mass is 32.1. The van der Waals surface area contributed by atoms with Crippen LogP contribution in [0.5, 0.6) is 5.75 Å². The summed E-state index contributed by atoms with van der Waals surface area (Å²) in [4.78, 5) is 19.6. The molecule has 0 fully saturated rings. The number of amides is 1. The van der Waals surface area contributed by atoms with Gasteiger partial charge in [0.1, 0.15) is 11.4 Å². The lowest BCUT2D eigenvalue weighted by atomic mass is 10.2. The van der Waals surface area contributed by atoms with E-state index in [-0.39, 0.29) is 5.91 Å². The average molecular weight is 419 g/mol. The van der Waals surface area contributed by atoms with E-state index in [1.165, 1.54) is 0 Å². The van der Waals surface area contributed by atoms with E-state index in [4.69, 9.17) is 9.84 Å². The normalized spacial score (nSPS) is 11.8. The number of pyridine rings is 1. The number of rotatable bonds is 7. The largest absolute Gasteiger partial charge is 0.479 e. The van der Waals surface area contributed by atoms with Crippen LogP contribution in [0, 0.1) is 0 Å². The molecule has 4 rings (SSSR count). The summed E-state index contributed by atoms with van der Waals surface area (Å²) in [5, 5.41) is 6.82. The van der Waals surface area contributed by atoms with Crippen LogP contribution >= 0.6 is 11.3 Å². The Bertz CT molecular complexity index is 1090. The molecule has 0 aliphatic rings. The third kappa shape index (κ3) is 4.41. The molecule has 0 bridgehead atoms. The smallest absolute Gasteiger partial charge is 0.263 e. The highest BCUT2D eigenvalue weighted by Crippen LogP contribution is 2.28. The minimum absolute atomic E-state index is 0.108. The number of carbonyl (C=O) groups excluding carboxylic acids is 1. The second-order valence-corrected chi connectivity index (χ2v) is 7.85. The maximum absolute atomic E-state index is 12.9. The van der Waals surface area contributed by atoms with Crippen LogP contribution in [-0.2, 0) is 11.3 Å². The summed E-state index contributed by atoms with van der Waals surface area (Å²) in [6.45, 7) is 2.18. The minimum atomic E-state index is -0.617. The number of para-hydroxylation sites is 1. The van der Waals surface area contributed by atoms with Gasteiger partial charge in [0.25, 0.3) is 5.91 Å². The van der Waals surface area contributed by atoms with E-state index in [1.807, 2.05) is 58.7 Å². The number of benzene rings is 1. The molecule has 30 heavy (non-hydrogen) atoms. The first-order valence-electron chi connectivity index (χ1n) is 9.61. The zero-order chi connectivity index (χ0) is 20.9. The highest BCUT2D eigenvalue weighted by Gasteiger charge is 2.22. The molecule has 1 aromatic carbocycles. The molecule has 6 nitrogen and oxygen atoms in total. The molecule has 4 aromatic rings. The van der Waals surface area contributed by atoms with E-state index in [9.17, 15) is 4.79 Å². The lowest BCUT2D eigenvalue weighted by Gasteiger charge is -2.22. The van der Waals surface area contributed by atoms with E-state index in [0.29, 0.717) is 12.3 Å². The number of carbonyl (C=O) groups is 1.